The summed E-state index contributed by atoms with van der Waals surface area (Å²) in [5.74, 6) is -0.720. The van der Waals surface area contributed by atoms with E-state index in [1.807, 2.05) is 0 Å². The first-order valence-electron chi connectivity index (χ1n) is 10.1. The first-order valence-corrected chi connectivity index (χ1v) is 11.8. The van der Waals surface area contributed by atoms with Gasteiger partial charge in [0.2, 0.25) is 21.9 Å². The van der Waals surface area contributed by atoms with Crippen LogP contribution in [0.25, 0.3) is 0 Å². The predicted molar refractivity (Wildman–Crippen MR) is 119 cm³/mol. The largest absolute Gasteiger partial charge is 0.421 e. The fourth-order valence-electron chi connectivity index (χ4n) is 3.01. The maximum Gasteiger partial charge on any atom is 0.421 e. The number of alkyl halides is 3. The molecule has 2 aromatic rings. The average Bonchev–Trinajstić information content (AvgIpc) is 3.10. The van der Waals surface area contributed by atoms with Crippen molar-refractivity contribution in [3.8, 4) is 0 Å². The van der Waals surface area contributed by atoms with Crippen molar-refractivity contribution in [2.24, 2.45) is 5.41 Å². The number of aromatic nitrogens is 2. The second-order valence-corrected chi connectivity index (χ2v) is 10.5. The number of hydrogen-bond acceptors (Lipinski definition) is 7. The molecule has 0 saturated carbocycles. The molecule has 0 spiro atoms. The summed E-state index contributed by atoms with van der Waals surface area (Å²) < 4.78 is 66.3. The molecule has 0 aliphatic carbocycles. The van der Waals surface area contributed by atoms with Gasteiger partial charge >= 0.3 is 6.18 Å². The van der Waals surface area contributed by atoms with Crippen LogP contribution in [0, 0.1) is 5.41 Å². The van der Waals surface area contributed by atoms with Gasteiger partial charge in [0.1, 0.15) is 11.4 Å². The molecular weight excluding hydrogens is 461 g/mol. The zero-order chi connectivity index (χ0) is 24.4. The van der Waals surface area contributed by atoms with Gasteiger partial charge in [0.05, 0.1) is 12.2 Å². The average molecular weight is 487 g/mol. The molecule has 0 fully saturated rings. The summed E-state index contributed by atoms with van der Waals surface area (Å²) >= 11 is 0. The lowest BCUT2D eigenvalue weighted by atomic mass is 9.94. The number of hydrogen-bond donors (Lipinski definition) is 4. The molecule has 4 N–H and O–H groups in total. The maximum absolute atomic E-state index is 13.5. The summed E-state index contributed by atoms with van der Waals surface area (Å²) in [5, 5.41) is 8.24. The standard InChI is InChI=1S/C20H25F3N6O3S/c1-4-33(31,32)26-11-19(2,3)10-25-17-14(20(21,22)23)9-24-18(29-17)27-13-5-6-15-12(7-13)8-16(30)28-15/h5-7,9,26H,4,8,10-11H2,1-3H3,(H,28,30)(H2,24,25,27,29). The van der Waals surface area contributed by atoms with E-state index in [9.17, 15) is 26.4 Å². The molecule has 1 aliphatic heterocycles. The second kappa shape index (κ2) is 9.14. The molecule has 1 aliphatic rings. The molecule has 0 bridgehead atoms. The highest BCUT2D eigenvalue weighted by Crippen LogP contribution is 2.35. The van der Waals surface area contributed by atoms with Crippen molar-refractivity contribution in [1.82, 2.24) is 14.7 Å². The van der Waals surface area contributed by atoms with Crippen LogP contribution in [0.15, 0.2) is 24.4 Å². The van der Waals surface area contributed by atoms with Crippen molar-refractivity contribution in [3.05, 3.63) is 35.5 Å². The lowest BCUT2D eigenvalue weighted by Crippen LogP contribution is -2.39. The number of amides is 1. The molecule has 13 heteroatoms. The minimum absolute atomic E-state index is 0.0192. The topological polar surface area (TPSA) is 125 Å². The van der Waals surface area contributed by atoms with E-state index in [2.05, 4.69) is 30.6 Å². The normalized spacial score (nSPS) is 14.1. The molecule has 180 valence electrons. The molecule has 0 radical (unpaired) electrons. The van der Waals surface area contributed by atoms with Gasteiger partial charge in [-0.3, -0.25) is 4.79 Å². The lowest BCUT2D eigenvalue weighted by Gasteiger charge is -2.26. The van der Waals surface area contributed by atoms with Gasteiger partial charge in [0, 0.05) is 30.7 Å². The fraction of sp³-hybridized carbons (Fsp3) is 0.450. The lowest BCUT2D eigenvalue weighted by molar-refractivity contribution is -0.137. The number of halogens is 3. The Morgan fingerprint density at radius 1 is 1.18 bits per heavy atom. The van der Waals surface area contributed by atoms with Crippen LogP contribution in [-0.2, 0) is 27.4 Å². The van der Waals surface area contributed by atoms with E-state index in [-0.39, 0.29) is 37.1 Å². The number of carbonyl (C=O) groups excluding carboxylic acids is 1. The van der Waals surface area contributed by atoms with E-state index in [0.717, 1.165) is 5.56 Å². The summed E-state index contributed by atoms with van der Waals surface area (Å²) in [7, 11) is -3.44. The minimum atomic E-state index is -4.69. The van der Waals surface area contributed by atoms with Crippen LogP contribution in [0.1, 0.15) is 31.9 Å². The van der Waals surface area contributed by atoms with Crippen LogP contribution in [0.3, 0.4) is 0 Å². The molecule has 1 amide bonds. The van der Waals surface area contributed by atoms with E-state index < -0.39 is 33.0 Å². The fourth-order valence-corrected chi connectivity index (χ4v) is 3.83. The van der Waals surface area contributed by atoms with Gasteiger partial charge < -0.3 is 16.0 Å². The summed E-state index contributed by atoms with van der Waals surface area (Å²) in [4.78, 5) is 19.3. The minimum Gasteiger partial charge on any atom is -0.369 e. The zero-order valence-electron chi connectivity index (χ0n) is 18.3. The third kappa shape index (κ3) is 6.54. The number of benzene rings is 1. The predicted octanol–water partition coefficient (Wildman–Crippen LogP) is 3.11. The van der Waals surface area contributed by atoms with Crippen molar-refractivity contribution in [2.75, 3.05) is 34.8 Å². The highest BCUT2D eigenvalue weighted by Gasteiger charge is 2.36. The number of anilines is 4. The SMILES string of the molecule is CCS(=O)(=O)NCC(C)(C)CNc1nc(Nc2ccc3c(c2)CC(=O)N3)ncc1C(F)(F)F. The van der Waals surface area contributed by atoms with Crippen LogP contribution in [0.2, 0.25) is 0 Å². The van der Waals surface area contributed by atoms with Gasteiger partial charge in [-0.2, -0.15) is 18.2 Å². The molecule has 33 heavy (non-hydrogen) atoms. The van der Waals surface area contributed by atoms with E-state index in [1.165, 1.54) is 6.92 Å². The van der Waals surface area contributed by atoms with E-state index >= 15 is 0 Å². The molecule has 0 atom stereocenters. The Morgan fingerprint density at radius 3 is 2.58 bits per heavy atom. The van der Waals surface area contributed by atoms with Crippen LogP contribution in [0.4, 0.5) is 36.3 Å². The number of carbonyl (C=O) groups is 1. The van der Waals surface area contributed by atoms with Gasteiger partial charge in [0.15, 0.2) is 0 Å². The highest BCUT2D eigenvalue weighted by molar-refractivity contribution is 7.89. The van der Waals surface area contributed by atoms with Crippen LogP contribution >= 0.6 is 0 Å². The molecule has 2 heterocycles. The Kier molecular flexibility index (Phi) is 6.84. The number of sulfonamides is 1. The van der Waals surface area contributed by atoms with Gasteiger partial charge in [-0.25, -0.2) is 18.1 Å². The van der Waals surface area contributed by atoms with Crippen molar-refractivity contribution < 1.29 is 26.4 Å². The van der Waals surface area contributed by atoms with E-state index in [4.69, 9.17) is 0 Å². The summed E-state index contributed by atoms with van der Waals surface area (Å²) in [5.41, 5.74) is 0.212. The van der Waals surface area contributed by atoms with Gasteiger partial charge in [-0.1, -0.05) is 13.8 Å². The van der Waals surface area contributed by atoms with Crippen LogP contribution in [-0.4, -0.2) is 43.1 Å². The Hall–Kier alpha value is -2.93. The van der Waals surface area contributed by atoms with E-state index in [0.29, 0.717) is 17.6 Å². The van der Waals surface area contributed by atoms with Crippen LogP contribution in [0.5, 0.6) is 0 Å². The molecule has 1 aromatic heterocycles. The quantitative estimate of drug-likeness (QED) is 0.429. The van der Waals surface area contributed by atoms with Crippen molar-refractivity contribution >= 4 is 39.1 Å². The monoisotopic (exact) mass is 486 g/mol. The molecule has 3 rings (SSSR count). The van der Waals surface area contributed by atoms with Crippen molar-refractivity contribution in [3.63, 3.8) is 0 Å². The second-order valence-electron chi connectivity index (χ2n) is 8.42. The first-order chi connectivity index (χ1) is 15.3. The van der Waals surface area contributed by atoms with Crippen molar-refractivity contribution in [2.45, 2.75) is 33.4 Å². The number of rotatable bonds is 9. The van der Waals surface area contributed by atoms with Gasteiger partial charge in [0.25, 0.3) is 0 Å². The van der Waals surface area contributed by atoms with Crippen molar-refractivity contribution in [1.29, 1.82) is 0 Å². The molecule has 0 unspecified atom stereocenters. The maximum atomic E-state index is 13.5. The number of nitrogens with zero attached hydrogens (tertiary/aromatic N) is 2. The number of nitrogens with one attached hydrogen (secondary N) is 4. The smallest absolute Gasteiger partial charge is 0.369 e. The number of fused-ring (bicyclic) bond motifs is 1. The van der Waals surface area contributed by atoms with Gasteiger partial charge in [-0.05, 0) is 36.1 Å². The highest BCUT2D eigenvalue weighted by atomic mass is 32.2. The summed E-state index contributed by atoms with van der Waals surface area (Å²) in [6.45, 7) is 4.98. The third-order valence-electron chi connectivity index (χ3n) is 4.97. The first kappa shape index (κ1) is 24.7. The Morgan fingerprint density at radius 2 is 1.91 bits per heavy atom. The van der Waals surface area contributed by atoms with Crippen LogP contribution < -0.4 is 20.7 Å². The Balaban J connectivity index is 1.78. The Bertz CT molecular complexity index is 1150. The zero-order valence-corrected chi connectivity index (χ0v) is 19.1. The molecule has 9 nitrogen and oxygen atoms in total. The molecular formula is C20H25F3N6O3S. The summed E-state index contributed by atoms with van der Waals surface area (Å²) in [6.07, 6.45) is -3.79. The van der Waals surface area contributed by atoms with E-state index in [1.54, 1.807) is 32.0 Å². The Labute approximate surface area is 189 Å². The molecule has 1 aromatic carbocycles. The summed E-state index contributed by atoms with van der Waals surface area (Å²) in [6, 6.07) is 5.04. The third-order valence-corrected chi connectivity index (χ3v) is 6.31. The molecule has 0 saturated heterocycles. The van der Waals surface area contributed by atoms with Gasteiger partial charge in [-0.15, -0.1) is 0 Å².